The minimum Gasteiger partial charge on any atom is -0.447 e. The zero-order valence-corrected chi connectivity index (χ0v) is 6.73. The molecular weight excluding hydrogens is 191 g/mol. The van der Waals surface area contributed by atoms with Gasteiger partial charge in [0.15, 0.2) is 0 Å². The number of halogens is 3. The van der Waals surface area contributed by atoms with Crippen molar-refractivity contribution in [1.29, 1.82) is 0 Å². The summed E-state index contributed by atoms with van der Waals surface area (Å²) < 4.78 is 38.8. The van der Waals surface area contributed by atoms with Crippen molar-refractivity contribution in [2.75, 3.05) is 19.8 Å². The molecule has 13 heavy (non-hydrogen) atoms. The molecule has 0 aliphatic heterocycles. The molecule has 0 unspecified atom stereocenters. The van der Waals surface area contributed by atoms with Crippen LogP contribution in [0.2, 0.25) is 0 Å². The number of nitrogens with one attached hydrogen (secondary N) is 1. The largest absolute Gasteiger partial charge is 0.447 e. The topological polar surface area (TPSA) is 58.6 Å². The molecule has 0 saturated heterocycles. The number of carbonyl (C=O) groups is 1. The van der Waals surface area contributed by atoms with Gasteiger partial charge in [0.25, 0.3) is 0 Å². The zero-order valence-electron chi connectivity index (χ0n) is 6.73. The van der Waals surface area contributed by atoms with E-state index >= 15 is 0 Å². The number of alkyl halides is 3. The van der Waals surface area contributed by atoms with Gasteiger partial charge in [-0.25, -0.2) is 4.79 Å². The van der Waals surface area contributed by atoms with Crippen LogP contribution < -0.4 is 5.32 Å². The van der Waals surface area contributed by atoms with Gasteiger partial charge in [-0.2, -0.15) is 13.2 Å². The molecule has 1 amide bonds. The number of hydrogen-bond donors (Lipinski definition) is 2. The molecule has 0 aliphatic carbocycles. The molecule has 0 aromatic rings. The SMILES string of the molecule is O=C(NCCC(F)(F)F)OCCO. The third kappa shape index (κ3) is 8.93. The van der Waals surface area contributed by atoms with E-state index in [2.05, 4.69) is 4.74 Å². The fourth-order valence-corrected chi connectivity index (χ4v) is 0.496. The van der Waals surface area contributed by atoms with Gasteiger partial charge >= 0.3 is 12.3 Å². The predicted molar refractivity (Wildman–Crippen MR) is 37.1 cm³/mol. The number of ether oxygens (including phenoxy) is 1. The van der Waals surface area contributed by atoms with Gasteiger partial charge in [0.1, 0.15) is 6.61 Å². The number of aliphatic hydroxyl groups is 1. The van der Waals surface area contributed by atoms with E-state index in [0.29, 0.717) is 0 Å². The molecule has 0 atom stereocenters. The van der Waals surface area contributed by atoms with Crippen molar-refractivity contribution in [3.8, 4) is 0 Å². The summed E-state index contributed by atoms with van der Waals surface area (Å²) in [5.41, 5.74) is 0. The number of alkyl carbamates (subject to hydrolysis) is 1. The Morgan fingerprint density at radius 1 is 1.46 bits per heavy atom. The summed E-state index contributed by atoms with van der Waals surface area (Å²) in [6.07, 6.45) is -6.34. The van der Waals surface area contributed by atoms with E-state index in [0.717, 1.165) is 0 Å². The third-order valence-corrected chi connectivity index (χ3v) is 1.00. The molecule has 4 nitrogen and oxygen atoms in total. The monoisotopic (exact) mass is 201 g/mol. The molecule has 0 radical (unpaired) electrons. The first-order valence-corrected chi connectivity index (χ1v) is 3.54. The molecule has 0 heterocycles. The van der Waals surface area contributed by atoms with Crippen LogP contribution in [0, 0.1) is 0 Å². The summed E-state index contributed by atoms with van der Waals surface area (Å²) in [6, 6.07) is 0. The van der Waals surface area contributed by atoms with Crippen molar-refractivity contribution < 1.29 is 27.8 Å². The smallest absolute Gasteiger partial charge is 0.407 e. The quantitative estimate of drug-likeness (QED) is 0.702. The van der Waals surface area contributed by atoms with Gasteiger partial charge in [0.2, 0.25) is 0 Å². The molecule has 0 bridgehead atoms. The van der Waals surface area contributed by atoms with Crippen molar-refractivity contribution in [1.82, 2.24) is 5.32 Å². The Labute approximate surface area is 72.7 Å². The fraction of sp³-hybridized carbons (Fsp3) is 0.833. The molecule has 7 heteroatoms. The van der Waals surface area contributed by atoms with Gasteiger partial charge in [-0.1, -0.05) is 0 Å². The maximum absolute atomic E-state index is 11.5. The van der Waals surface area contributed by atoms with Gasteiger partial charge in [-0.05, 0) is 0 Å². The lowest BCUT2D eigenvalue weighted by molar-refractivity contribution is -0.133. The predicted octanol–water partition coefficient (Wildman–Crippen LogP) is 0.657. The van der Waals surface area contributed by atoms with Gasteiger partial charge in [-0.3, -0.25) is 0 Å². The lowest BCUT2D eigenvalue weighted by Crippen LogP contribution is -2.29. The Balaban J connectivity index is 3.37. The maximum atomic E-state index is 11.5. The first kappa shape index (κ1) is 12.0. The van der Waals surface area contributed by atoms with Crippen molar-refractivity contribution in [3.63, 3.8) is 0 Å². The molecule has 0 aliphatic rings. The summed E-state index contributed by atoms with van der Waals surface area (Å²) in [5.74, 6) is 0. The van der Waals surface area contributed by atoms with Gasteiger partial charge in [-0.15, -0.1) is 0 Å². The van der Waals surface area contributed by atoms with Crippen molar-refractivity contribution in [3.05, 3.63) is 0 Å². The summed E-state index contributed by atoms with van der Waals surface area (Å²) >= 11 is 0. The lowest BCUT2D eigenvalue weighted by Gasteiger charge is -2.07. The van der Waals surface area contributed by atoms with Crippen LogP contribution in [-0.4, -0.2) is 37.1 Å². The number of hydrogen-bond acceptors (Lipinski definition) is 3. The highest BCUT2D eigenvalue weighted by atomic mass is 19.4. The van der Waals surface area contributed by atoms with Gasteiger partial charge < -0.3 is 15.2 Å². The Hall–Kier alpha value is -0.980. The molecule has 2 N–H and O–H groups in total. The van der Waals surface area contributed by atoms with E-state index in [-0.39, 0.29) is 13.2 Å². The first-order chi connectivity index (χ1) is 5.95. The van der Waals surface area contributed by atoms with E-state index in [4.69, 9.17) is 5.11 Å². The third-order valence-electron chi connectivity index (χ3n) is 1.00. The van der Waals surface area contributed by atoms with Crippen molar-refractivity contribution in [2.24, 2.45) is 0 Å². The Morgan fingerprint density at radius 3 is 2.54 bits per heavy atom. The summed E-state index contributed by atoms with van der Waals surface area (Å²) in [4.78, 5) is 10.5. The maximum Gasteiger partial charge on any atom is 0.407 e. The molecule has 0 aromatic heterocycles. The average Bonchev–Trinajstić information content (AvgIpc) is 1.98. The van der Waals surface area contributed by atoms with Crippen LogP contribution >= 0.6 is 0 Å². The molecular formula is C6H10F3NO3. The lowest BCUT2D eigenvalue weighted by atomic mass is 10.4. The van der Waals surface area contributed by atoms with E-state index in [9.17, 15) is 18.0 Å². The number of carbonyl (C=O) groups excluding carboxylic acids is 1. The molecule has 0 rings (SSSR count). The summed E-state index contributed by atoms with van der Waals surface area (Å²) in [5, 5.41) is 10.1. The van der Waals surface area contributed by atoms with Crippen LogP contribution in [0.4, 0.5) is 18.0 Å². The van der Waals surface area contributed by atoms with E-state index in [1.54, 1.807) is 0 Å². The highest BCUT2D eigenvalue weighted by Gasteiger charge is 2.26. The van der Waals surface area contributed by atoms with Crippen LogP contribution in [0.25, 0.3) is 0 Å². The van der Waals surface area contributed by atoms with E-state index in [1.165, 1.54) is 0 Å². The molecule has 0 saturated carbocycles. The second-order valence-corrected chi connectivity index (χ2v) is 2.15. The molecule has 0 fully saturated rings. The fourth-order valence-electron chi connectivity index (χ4n) is 0.496. The molecule has 0 aromatic carbocycles. The zero-order chi connectivity index (χ0) is 10.3. The van der Waals surface area contributed by atoms with Gasteiger partial charge in [0, 0.05) is 6.54 Å². The Kier molecular flexibility index (Phi) is 5.20. The van der Waals surface area contributed by atoms with Gasteiger partial charge in [0.05, 0.1) is 13.0 Å². The number of amides is 1. The summed E-state index contributed by atoms with van der Waals surface area (Å²) in [6.45, 7) is -1.10. The van der Waals surface area contributed by atoms with E-state index in [1.807, 2.05) is 5.32 Å². The van der Waals surface area contributed by atoms with Crippen LogP contribution in [0.15, 0.2) is 0 Å². The van der Waals surface area contributed by atoms with Crippen molar-refractivity contribution in [2.45, 2.75) is 12.6 Å². The highest BCUT2D eigenvalue weighted by molar-refractivity contribution is 5.66. The van der Waals surface area contributed by atoms with Crippen LogP contribution in [0.5, 0.6) is 0 Å². The van der Waals surface area contributed by atoms with Crippen LogP contribution in [-0.2, 0) is 4.74 Å². The Bertz CT molecular complexity index is 160. The molecule has 78 valence electrons. The molecule has 0 spiro atoms. The second-order valence-electron chi connectivity index (χ2n) is 2.15. The second kappa shape index (κ2) is 5.63. The minimum atomic E-state index is -4.29. The number of aliphatic hydroxyl groups excluding tert-OH is 1. The summed E-state index contributed by atoms with van der Waals surface area (Å²) in [7, 11) is 0. The Morgan fingerprint density at radius 2 is 2.08 bits per heavy atom. The highest BCUT2D eigenvalue weighted by Crippen LogP contribution is 2.17. The van der Waals surface area contributed by atoms with Crippen molar-refractivity contribution >= 4 is 6.09 Å². The van der Waals surface area contributed by atoms with Crippen LogP contribution in [0.1, 0.15) is 6.42 Å². The number of rotatable bonds is 4. The standard InChI is InChI=1S/C6H10F3NO3/c7-6(8,9)1-2-10-5(12)13-4-3-11/h11H,1-4H2,(H,10,12). The first-order valence-electron chi connectivity index (χ1n) is 3.54. The normalized spacial score (nSPS) is 11.1. The van der Waals surface area contributed by atoms with E-state index < -0.39 is 25.2 Å². The minimum absolute atomic E-state index is 0.224. The average molecular weight is 201 g/mol. The van der Waals surface area contributed by atoms with Crippen LogP contribution in [0.3, 0.4) is 0 Å².